The monoisotopic (exact) mass is 406 g/mol. The molecule has 0 bridgehead atoms. The Morgan fingerprint density at radius 3 is 2.50 bits per heavy atom. The second-order valence-corrected chi connectivity index (χ2v) is 7.32. The maximum Gasteiger partial charge on any atom is 0.409 e. The van der Waals surface area contributed by atoms with Crippen molar-refractivity contribution in [1.82, 2.24) is 24.6 Å². The van der Waals surface area contributed by atoms with Crippen LogP contribution in [-0.2, 0) is 4.74 Å². The predicted molar refractivity (Wildman–Crippen MR) is 115 cm³/mol. The van der Waals surface area contributed by atoms with Gasteiger partial charge in [-0.25, -0.2) is 19.4 Å². The van der Waals surface area contributed by atoms with E-state index in [-0.39, 0.29) is 6.09 Å². The van der Waals surface area contributed by atoms with Gasteiger partial charge in [0.1, 0.15) is 0 Å². The molecule has 8 nitrogen and oxygen atoms in total. The Morgan fingerprint density at radius 1 is 1.07 bits per heavy atom. The third kappa shape index (κ3) is 4.12. The van der Waals surface area contributed by atoms with Crippen molar-refractivity contribution >= 4 is 12.0 Å². The second kappa shape index (κ2) is 8.52. The number of amides is 1. The standard InChI is InChI=1S/C22H26N6O2/c1-4-30-22(29)27-13-11-26(12-14-27)21-23-10-9-20(24-21)19-15-28(25-17(19)3)18-7-5-16(2)6-8-18/h5-10,15H,4,11-14H2,1-3H3. The van der Waals surface area contributed by atoms with Gasteiger partial charge in [-0.05, 0) is 39.0 Å². The van der Waals surface area contributed by atoms with Gasteiger partial charge in [0.15, 0.2) is 0 Å². The molecule has 3 heterocycles. The van der Waals surface area contributed by atoms with E-state index in [2.05, 4.69) is 46.2 Å². The van der Waals surface area contributed by atoms with E-state index in [4.69, 9.17) is 9.72 Å². The second-order valence-electron chi connectivity index (χ2n) is 7.32. The molecule has 3 aromatic rings. The molecular formula is C22H26N6O2. The number of rotatable bonds is 4. The summed E-state index contributed by atoms with van der Waals surface area (Å²) in [5.74, 6) is 0.665. The van der Waals surface area contributed by atoms with E-state index in [9.17, 15) is 4.79 Å². The molecule has 1 aliphatic rings. The molecule has 1 aromatic carbocycles. The number of anilines is 1. The zero-order valence-corrected chi connectivity index (χ0v) is 17.6. The lowest BCUT2D eigenvalue weighted by atomic mass is 10.2. The van der Waals surface area contributed by atoms with Gasteiger partial charge in [0.2, 0.25) is 5.95 Å². The van der Waals surface area contributed by atoms with Gasteiger partial charge >= 0.3 is 6.09 Å². The number of piperazine rings is 1. The number of hydrogen-bond acceptors (Lipinski definition) is 6. The molecule has 0 spiro atoms. The maximum atomic E-state index is 11.9. The van der Waals surface area contributed by atoms with Crippen molar-refractivity contribution in [2.45, 2.75) is 20.8 Å². The largest absolute Gasteiger partial charge is 0.450 e. The van der Waals surface area contributed by atoms with Crippen LogP contribution in [0.3, 0.4) is 0 Å². The van der Waals surface area contributed by atoms with Crippen molar-refractivity contribution in [1.29, 1.82) is 0 Å². The maximum absolute atomic E-state index is 11.9. The van der Waals surface area contributed by atoms with Gasteiger partial charge in [-0.1, -0.05) is 17.7 Å². The predicted octanol–water partition coefficient (Wildman–Crippen LogP) is 3.22. The number of carbonyl (C=O) groups excluding carboxylic acids is 1. The number of ether oxygens (including phenoxy) is 1. The average molecular weight is 406 g/mol. The van der Waals surface area contributed by atoms with E-state index in [0.29, 0.717) is 38.7 Å². The Balaban J connectivity index is 1.52. The summed E-state index contributed by atoms with van der Waals surface area (Å²) in [6.07, 6.45) is 3.52. The normalized spacial score (nSPS) is 14.1. The van der Waals surface area contributed by atoms with E-state index in [1.54, 1.807) is 11.1 Å². The van der Waals surface area contributed by atoms with Gasteiger partial charge in [0.25, 0.3) is 0 Å². The molecule has 1 fully saturated rings. The van der Waals surface area contributed by atoms with Gasteiger partial charge in [-0.2, -0.15) is 5.10 Å². The van der Waals surface area contributed by atoms with Crippen molar-refractivity contribution in [2.75, 3.05) is 37.7 Å². The lowest BCUT2D eigenvalue weighted by Gasteiger charge is -2.34. The molecule has 1 aliphatic heterocycles. The minimum absolute atomic E-state index is 0.258. The summed E-state index contributed by atoms with van der Waals surface area (Å²) < 4.78 is 6.96. The summed E-state index contributed by atoms with van der Waals surface area (Å²) in [6.45, 7) is 8.79. The molecular weight excluding hydrogens is 380 g/mol. The van der Waals surface area contributed by atoms with E-state index < -0.39 is 0 Å². The van der Waals surface area contributed by atoms with Crippen molar-refractivity contribution in [3.63, 3.8) is 0 Å². The molecule has 4 rings (SSSR count). The molecule has 1 amide bonds. The van der Waals surface area contributed by atoms with Crippen LogP contribution in [0, 0.1) is 13.8 Å². The van der Waals surface area contributed by atoms with E-state index in [1.165, 1.54) is 5.56 Å². The number of aromatic nitrogens is 4. The van der Waals surface area contributed by atoms with Crippen molar-refractivity contribution in [3.05, 3.63) is 54.0 Å². The smallest absolute Gasteiger partial charge is 0.409 e. The average Bonchev–Trinajstić information content (AvgIpc) is 3.16. The van der Waals surface area contributed by atoms with Crippen LogP contribution in [0.4, 0.5) is 10.7 Å². The number of carbonyl (C=O) groups is 1. The summed E-state index contributed by atoms with van der Waals surface area (Å²) in [4.78, 5) is 25.0. The summed E-state index contributed by atoms with van der Waals surface area (Å²) in [5, 5.41) is 4.66. The number of aryl methyl sites for hydroxylation is 2. The Morgan fingerprint density at radius 2 is 1.80 bits per heavy atom. The van der Waals surface area contributed by atoms with E-state index >= 15 is 0 Å². The van der Waals surface area contributed by atoms with Crippen LogP contribution in [0.5, 0.6) is 0 Å². The fraction of sp³-hybridized carbons (Fsp3) is 0.364. The lowest BCUT2D eigenvalue weighted by Crippen LogP contribution is -2.49. The first-order valence-corrected chi connectivity index (χ1v) is 10.2. The summed E-state index contributed by atoms with van der Waals surface area (Å²) in [6, 6.07) is 10.2. The van der Waals surface area contributed by atoms with Crippen molar-refractivity contribution < 1.29 is 9.53 Å². The van der Waals surface area contributed by atoms with E-state index in [0.717, 1.165) is 22.6 Å². The first kappa shape index (κ1) is 19.9. The molecule has 0 N–H and O–H groups in total. The van der Waals surface area contributed by atoms with Crippen molar-refractivity contribution in [3.8, 4) is 16.9 Å². The van der Waals surface area contributed by atoms with Crippen LogP contribution in [0.2, 0.25) is 0 Å². The van der Waals surface area contributed by atoms with Crippen LogP contribution < -0.4 is 4.90 Å². The molecule has 1 saturated heterocycles. The Bertz CT molecular complexity index is 1020. The fourth-order valence-electron chi connectivity index (χ4n) is 3.50. The number of nitrogens with zero attached hydrogens (tertiary/aromatic N) is 6. The molecule has 156 valence electrons. The number of benzene rings is 1. The molecule has 0 aliphatic carbocycles. The minimum Gasteiger partial charge on any atom is -0.450 e. The molecule has 8 heteroatoms. The van der Waals surface area contributed by atoms with Gasteiger partial charge in [-0.15, -0.1) is 0 Å². The number of hydrogen-bond donors (Lipinski definition) is 0. The van der Waals surface area contributed by atoms with E-state index in [1.807, 2.05) is 30.8 Å². The van der Waals surface area contributed by atoms with Gasteiger partial charge in [0.05, 0.1) is 23.7 Å². The highest BCUT2D eigenvalue weighted by atomic mass is 16.6. The first-order valence-electron chi connectivity index (χ1n) is 10.2. The Hall–Kier alpha value is -3.42. The molecule has 0 radical (unpaired) electrons. The van der Waals surface area contributed by atoms with Crippen LogP contribution >= 0.6 is 0 Å². The quantitative estimate of drug-likeness (QED) is 0.662. The lowest BCUT2D eigenvalue weighted by molar-refractivity contribution is 0.105. The third-order valence-corrected chi connectivity index (χ3v) is 5.20. The Kier molecular flexibility index (Phi) is 5.65. The Labute approximate surface area is 176 Å². The fourth-order valence-corrected chi connectivity index (χ4v) is 3.50. The van der Waals surface area contributed by atoms with Gasteiger partial charge < -0.3 is 14.5 Å². The summed E-state index contributed by atoms with van der Waals surface area (Å²) in [7, 11) is 0. The van der Waals surface area contributed by atoms with Gasteiger partial charge in [-0.3, -0.25) is 0 Å². The third-order valence-electron chi connectivity index (χ3n) is 5.20. The topological polar surface area (TPSA) is 76.4 Å². The molecule has 0 unspecified atom stereocenters. The van der Waals surface area contributed by atoms with Crippen LogP contribution in [-0.4, -0.2) is 63.5 Å². The van der Waals surface area contributed by atoms with Crippen LogP contribution in [0.1, 0.15) is 18.2 Å². The highest BCUT2D eigenvalue weighted by Crippen LogP contribution is 2.24. The van der Waals surface area contributed by atoms with Crippen LogP contribution in [0.25, 0.3) is 16.9 Å². The highest BCUT2D eigenvalue weighted by molar-refractivity contribution is 5.68. The summed E-state index contributed by atoms with van der Waals surface area (Å²) in [5.41, 5.74) is 4.95. The highest BCUT2D eigenvalue weighted by Gasteiger charge is 2.23. The minimum atomic E-state index is -0.258. The van der Waals surface area contributed by atoms with Crippen molar-refractivity contribution in [2.24, 2.45) is 0 Å². The zero-order valence-electron chi connectivity index (χ0n) is 17.6. The zero-order chi connectivity index (χ0) is 21.1. The summed E-state index contributed by atoms with van der Waals surface area (Å²) >= 11 is 0. The molecule has 2 aromatic heterocycles. The SMILES string of the molecule is CCOC(=O)N1CCN(c2nccc(-c3cn(-c4ccc(C)cc4)nc3C)n2)CC1. The molecule has 30 heavy (non-hydrogen) atoms. The van der Waals surface area contributed by atoms with Gasteiger partial charge in [0, 0.05) is 44.1 Å². The first-order chi connectivity index (χ1) is 14.5. The van der Waals surface area contributed by atoms with Crippen LogP contribution in [0.15, 0.2) is 42.7 Å². The molecule has 0 saturated carbocycles. The molecule has 0 atom stereocenters.